The molecule has 2 bridgehead atoms. The van der Waals surface area contributed by atoms with E-state index in [2.05, 4.69) is 53.6 Å². The van der Waals surface area contributed by atoms with Gasteiger partial charge in [-0.1, -0.05) is 62.9 Å². The summed E-state index contributed by atoms with van der Waals surface area (Å²) >= 11 is 1.37. The number of thioether (sulfide) groups is 1. The molecule has 34 heavy (non-hydrogen) atoms. The van der Waals surface area contributed by atoms with Gasteiger partial charge in [-0.3, -0.25) is 9.36 Å². The molecule has 2 aliphatic rings. The highest BCUT2D eigenvalue weighted by Gasteiger charge is 2.60. The van der Waals surface area contributed by atoms with Crippen LogP contribution < -0.4 is 5.43 Å². The van der Waals surface area contributed by atoms with Gasteiger partial charge in [0, 0.05) is 11.1 Å². The number of rotatable bonds is 7. The van der Waals surface area contributed by atoms with Crippen molar-refractivity contribution in [3.63, 3.8) is 0 Å². The summed E-state index contributed by atoms with van der Waals surface area (Å²) in [5.74, 6) is 2.27. The molecule has 3 aromatic rings. The average Bonchev–Trinajstić information content (AvgIpc) is 3.52. The smallest absolute Gasteiger partial charge is 0.250 e. The van der Waals surface area contributed by atoms with Crippen LogP contribution in [0.15, 0.2) is 57.3 Å². The van der Waals surface area contributed by atoms with E-state index in [1.54, 1.807) is 6.26 Å². The van der Waals surface area contributed by atoms with Crippen LogP contribution in [0.1, 0.15) is 51.4 Å². The Bertz CT molecular complexity index is 1230. The summed E-state index contributed by atoms with van der Waals surface area (Å²) in [5, 5.41) is 14.1. The molecular weight excluding hydrogens is 446 g/mol. The van der Waals surface area contributed by atoms with Crippen LogP contribution in [0.2, 0.25) is 0 Å². The summed E-state index contributed by atoms with van der Waals surface area (Å²) in [7, 11) is 0. The Morgan fingerprint density at radius 2 is 2.03 bits per heavy atom. The molecule has 1 aromatic carbocycles. The summed E-state index contributed by atoms with van der Waals surface area (Å²) in [6, 6.07) is 12.1. The molecule has 5 rings (SSSR count). The Morgan fingerprint density at radius 1 is 1.24 bits per heavy atom. The van der Waals surface area contributed by atoms with Gasteiger partial charge in [0.05, 0.1) is 24.1 Å². The minimum Gasteiger partial charge on any atom is -0.469 e. The molecule has 0 aliphatic heterocycles. The number of carbonyl (C=O) groups excluding carboxylic acids is 1. The molecule has 2 atom stereocenters. The van der Waals surface area contributed by atoms with Crippen LogP contribution in [0.25, 0.3) is 11.4 Å². The number of fused-ring (bicyclic) bond motifs is 2. The standard InChI is InChI=1S/C26H31N5O2S/c1-17-20(11-13-33-17)23-29-30-24(31(23)15-18-8-6-5-7-9-18)34-16-22(32)28-27-21-14-19-10-12-26(21,4)25(19,2)3/h5-9,11,13,19H,10,12,14-16H2,1-4H3,(H,28,32)/b27-21+. The maximum Gasteiger partial charge on any atom is 0.250 e. The normalized spacial score (nSPS) is 24.1. The second-order valence-electron chi connectivity index (χ2n) is 10.1. The van der Waals surface area contributed by atoms with Gasteiger partial charge in [0.25, 0.3) is 5.91 Å². The molecule has 1 N–H and O–H groups in total. The van der Waals surface area contributed by atoms with E-state index in [0.717, 1.165) is 41.3 Å². The number of benzene rings is 1. The maximum absolute atomic E-state index is 12.7. The van der Waals surface area contributed by atoms with Crippen molar-refractivity contribution in [3.8, 4) is 11.4 Å². The average molecular weight is 478 g/mol. The van der Waals surface area contributed by atoms with Crippen molar-refractivity contribution in [2.45, 2.75) is 58.7 Å². The first-order valence-corrected chi connectivity index (χ1v) is 12.8. The molecule has 0 spiro atoms. The lowest BCUT2D eigenvalue weighted by Crippen LogP contribution is -2.34. The molecule has 2 saturated carbocycles. The van der Waals surface area contributed by atoms with Crippen LogP contribution in [-0.4, -0.2) is 32.1 Å². The molecule has 2 fully saturated rings. The predicted octanol–water partition coefficient (Wildman–Crippen LogP) is 5.31. The summed E-state index contributed by atoms with van der Waals surface area (Å²) < 4.78 is 7.53. The third-order valence-electron chi connectivity index (χ3n) is 8.16. The Morgan fingerprint density at radius 3 is 2.68 bits per heavy atom. The second kappa shape index (κ2) is 8.73. The van der Waals surface area contributed by atoms with Crippen molar-refractivity contribution >= 4 is 23.4 Å². The number of aryl methyl sites for hydroxylation is 1. The van der Waals surface area contributed by atoms with E-state index in [1.165, 1.54) is 18.2 Å². The van der Waals surface area contributed by atoms with Crippen LogP contribution in [0.3, 0.4) is 0 Å². The fraction of sp³-hybridized carbons (Fsp3) is 0.462. The van der Waals surface area contributed by atoms with Gasteiger partial charge in [-0.25, -0.2) is 5.43 Å². The Kier molecular flexibility index (Phi) is 5.88. The summed E-state index contributed by atoms with van der Waals surface area (Å²) in [5.41, 5.74) is 6.29. The molecule has 2 aromatic heterocycles. The van der Waals surface area contributed by atoms with E-state index < -0.39 is 0 Å². The number of amides is 1. The minimum atomic E-state index is -0.128. The zero-order valence-electron chi connectivity index (χ0n) is 20.2. The topological polar surface area (TPSA) is 85.3 Å². The number of nitrogens with one attached hydrogen (secondary N) is 1. The van der Waals surface area contributed by atoms with Crippen molar-refractivity contribution in [3.05, 3.63) is 54.0 Å². The monoisotopic (exact) mass is 477 g/mol. The van der Waals surface area contributed by atoms with Crippen LogP contribution in [0.4, 0.5) is 0 Å². The first-order chi connectivity index (χ1) is 16.3. The molecule has 7 nitrogen and oxygen atoms in total. The maximum atomic E-state index is 12.7. The number of hydrazone groups is 1. The zero-order chi connectivity index (χ0) is 23.9. The molecule has 0 radical (unpaired) electrons. The number of nitrogens with zero attached hydrogens (tertiary/aromatic N) is 4. The van der Waals surface area contributed by atoms with Gasteiger partial charge in [0.15, 0.2) is 11.0 Å². The van der Waals surface area contributed by atoms with E-state index in [4.69, 9.17) is 4.42 Å². The molecule has 0 saturated heterocycles. The summed E-state index contributed by atoms with van der Waals surface area (Å²) in [6.07, 6.45) is 5.04. The van der Waals surface area contributed by atoms with Crippen molar-refractivity contribution in [1.82, 2.24) is 20.2 Å². The lowest BCUT2D eigenvalue weighted by Gasteiger charge is -2.34. The first-order valence-electron chi connectivity index (χ1n) is 11.8. The van der Waals surface area contributed by atoms with Crippen molar-refractivity contribution in [2.24, 2.45) is 21.8 Å². The van der Waals surface area contributed by atoms with E-state index in [0.29, 0.717) is 17.6 Å². The van der Waals surface area contributed by atoms with Gasteiger partial charge in [-0.15, -0.1) is 10.2 Å². The summed E-state index contributed by atoms with van der Waals surface area (Å²) in [4.78, 5) is 12.7. The van der Waals surface area contributed by atoms with Gasteiger partial charge in [0.2, 0.25) is 0 Å². The quantitative estimate of drug-likeness (QED) is 0.368. The van der Waals surface area contributed by atoms with Crippen molar-refractivity contribution in [1.29, 1.82) is 0 Å². The van der Waals surface area contributed by atoms with Crippen LogP contribution in [0, 0.1) is 23.7 Å². The number of hydrogen-bond donors (Lipinski definition) is 1. The summed E-state index contributed by atoms with van der Waals surface area (Å²) in [6.45, 7) is 9.49. The Hall–Kier alpha value is -2.87. The fourth-order valence-electron chi connectivity index (χ4n) is 5.51. The highest BCUT2D eigenvalue weighted by atomic mass is 32.2. The fourth-order valence-corrected chi connectivity index (χ4v) is 6.24. The van der Waals surface area contributed by atoms with E-state index in [9.17, 15) is 4.79 Å². The third-order valence-corrected chi connectivity index (χ3v) is 9.13. The predicted molar refractivity (Wildman–Crippen MR) is 134 cm³/mol. The number of furan rings is 1. The van der Waals surface area contributed by atoms with Crippen LogP contribution >= 0.6 is 11.8 Å². The molecule has 2 unspecified atom stereocenters. The van der Waals surface area contributed by atoms with E-state index in [1.807, 2.05) is 35.8 Å². The highest BCUT2D eigenvalue weighted by Crippen LogP contribution is 2.63. The molecule has 8 heteroatoms. The molecule has 1 amide bonds. The minimum absolute atomic E-state index is 0.0747. The SMILES string of the molecule is Cc1occc1-c1nnc(SCC(=O)N/N=C2\CC3CCC2(C)C3(C)C)n1Cc1ccccc1. The third kappa shape index (κ3) is 3.87. The largest absolute Gasteiger partial charge is 0.469 e. The number of hydrogen-bond acceptors (Lipinski definition) is 6. The molecular formula is C26H31N5O2S. The Labute approximate surface area is 204 Å². The van der Waals surface area contributed by atoms with Gasteiger partial charge in [-0.2, -0.15) is 5.10 Å². The zero-order valence-corrected chi connectivity index (χ0v) is 21.0. The number of carbonyl (C=O) groups is 1. The van der Waals surface area contributed by atoms with E-state index >= 15 is 0 Å². The lowest BCUT2D eigenvalue weighted by atomic mass is 9.70. The van der Waals surface area contributed by atoms with Crippen LogP contribution in [-0.2, 0) is 11.3 Å². The molecule has 178 valence electrons. The number of aromatic nitrogens is 3. The lowest BCUT2D eigenvalue weighted by molar-refractivity contribution is -0.118. The first kappa shape index (κ1) is 22.9. The van der Waals surface area contributed by atoms with Crippen LogP contribution in [0.5, 0.6) is 0 Å². The van der Waals surface area contributed by atoms with Gasteiger partial charge in [0.1, 0.15) is 5.76 Å². The van der Waals surface area contributed by atoms with E-state index in [-0.39, 0.29) is 22.5 Å². The van der Waals surface area contributed by atoms with Crippen molar-refractivity contribution in [2.75, 3.05) is 5.75 Å². The highest BCUT2D eigenvalue weighted by molar-refractivity contribution is 7.99. The molecule has 2 aliphatic carbocycles. The van der Waals surface area contributed by atoms with Gasteiger partial charge in [-0.05, 0) is 49.1 Å². The Balaban J connectivity index is 1.30. The van der Waals surface area contributed by atoms with Gasteiger partial charge < -0.3 is 4.42 Å². The molecule has 2 heterocycles. The van der Waals surface area contributed by atoms with Gasteiger partial charge >= 0.3 is 0 Å². The second-order valence-corrected chi connectivity index (χ2v) is 11.1. The van der Waals surface area contributed by atoms with Crippen molar-refractivity contribution < 1.29 is 9.21 Å².